The molecular weight excluding hydrogens is 819 g/mol. The molecule has 0 aromatic rings. The Hall–Kier alpha value is -2.78. The van der Waals surface area contributed by atoms with Gasteiger partial charge in [-0.05, 0) is 70.3 Å². The van der Waals surface area contributed by atoms with E-state index in [9.17, 15) is 49.4 Å². The van der Waals surface area contributed by atoms with Crippen LogP contribution in [0.4, 0.5) is 0 Å². The molecule has 0 spiro atoms. The van der Waals surface area contributed by atoms with Crippen molar-refractivity contribution in [3.8, 4) is 0 Å². The summed E-state index contributed by atoms with van der Waals surface area (Å²) in [6.45, 7) is 3.06. The highest BCUT2D eigenvalue weighted by molar-refractivity contribution is 7.47. The number of esters is 2. The molecule has 3 unspecified atom stereocenters. The number of hydrogen-bond donors (Lipinski definition) is 6. The summed E-state index contributed by atoms with van der Waals surface area (Å²) in [6.07, 6.45) is 26.9. The van der Waals surface area contributed by atoms with Crippen LogP contribution >= 0.6 is 7.82 Å². The van der Waals surface area contributed by atoms with Crippen LogP contribution in [0.1, 0.15) is 162 Å². The summed E-state index contributed by atoms with van der Waals surface area (Å²) in [5.74, 6) is -1.08. The van der Waals surface area contributed by atoms with Crippen LogP contribution in [0, 0.1) is 0 Å². The first-order valence-corrected chi connectivity index (χ1v) is 24.5. The quantitative estimate of drug-likeness (QED) is 0.00865. The van der Waals surface area contributed by atoms with E-state index >= 15 is 0 Å². The molecule has 0 aromatic heterocycles. The molecule has 1 aliphatic rings. The number of aliphatic hydroxyl groups is 5. The van der Waals surface area contributed by atoms with Gasteiger partial charge in [0.2, 0.25) is 0 Å². The molecule has 8 atom stereocenters. The summed E-state index contributed by atoms with van der Waals surface area (Å²) in [6, 6.07) is 0. The fraction of sp³-hybridized carbons (Fsp3) is 0.723. The van der Waals surface area contributed by atoms with Crippen molar-refractivity contribution in [1.29, 1.82) is 0 Å². The van der Waals surface area contributed by atoms with Crippen LogP contribution < -0.4 is 0 Å². The first-order chi connectivity index (χ1) is 29.8. The molecule has 14 nitrogen and oxygen atoms in total. The molecule has 62 heavy (non-hydrogen) atoms. The molecule has 0 amide bonds. The monoisotopic (exact) mass is 899 g/mol. The van der Waals surface area contributed by atoms with Crippen molar-refractivity contribution in [3.63, 3.8) is 0 Å². The third-order valence-corrected chi connectivity index (χ3v) is 11.3. The lowest BCUT2D eigenvalue weighted by Gasteiger charge is -2.41. The Morgan fingerprint density at radius 3 is 1.66 bits per heavy atom. The van der Waals surface area contributed by atoms with E-state index in [1.54, 1.807) is 12.2 Å². The minimum absolute atomic E-state index is 0.00512. The summed E-state index contributed by atoms with van der Waals surface area (Å²) in [5, 5.41) is 50.1. The first-order valence-electron chi connectivity index (χ1n) is 23.0. The molecule has 1 saturated carbocycles. The van der Waals surface area contributed by atoms with Crippen LogP contribution in [0.2, 0.25) is 0 Å². The highest BCUT2D eigenvalue weighted by atomic mass is 31.2. The Bertz CT molecular complexity index is 1380. The van der Waals surface area contributed by atoms with Crippen LogP contribution in [0.5, 0.6) is 0 Å². The maximum atomic E-state index is 12.8. The van der Waals surface area contributed by atoms with Gasteiger partial charge in [0.05, 0.1) is 6.61 Å². The molecule has 356 valence electrons. The zero-order valence-electron chi connectivity index (χ0n) is 37.4. The van der Waals surface area contributed by atoms with E-state index in [1.165, 1.54) is 38.5 Å². The molecule has 0 bridgehead atoms. The van der Waals surface area contributed by atoms with E-state index in [0.717, 1.165) is 70.6 Å². The van der Waals surface area contributed by atoms with E-state index in [1.807, 2.05) is 24.3 Å². The van der Waals surface area contributed by atoms with Crippen molar-refractivity contribution in [2.24, 2.45) is 0 Å². The van der Waals surface area contributed by atoms with Crippen LogP contribution in [0.15, 0.2) is 60.8 Å². The van der Waals surface area contributed by atoms with Crippen molar-refractivity contribution in [2.45, 2.75) is 204 Å². The number of phosphoric ester groups is 1. The number of rotatable bonds is 37. The Morgan fingerprint density at radius 1 is 0.548 bits per heavy atom. The van der Waals surface area contributed by atoms with Crippen LogP contribution in [-0.4, -0.2) is 104 Å². The SMILES string of the molecule is CCCCCCCC/C=C\C/C=C\C/C=C\CCCC(=O)O[C@H](COC(=O)CCCCCCC/C=C\C=C\C(=O)CCCCC)COP(=O)(O)OC1[C@H](O)[C@H](O)C(O)[C@H](O)[C@H]1O. The van der Waals surface area contributed by atoms with Crippen molar-refractivity contribution in [2.75, 3.05) is 13.2 Å². The van der Waals surface area contributed by atoms with Gasteiger partial charge in [-0.25, -0.2) is 4.57 Å². The zero-order chi connectivity index (χ0) is 45.9. The Balaban J connectivity index is 2.54. The van der Waals surface area contributed by atoms with E-state index < -0.39 is 75.7 Å². The third-order valence-electron chi connectivity index (χ3n) is 10.3. The number of aliphatic hydroxyl groups excluding tert-OH is 5. The van der Waals surface area contributed by atoms with Gasteiger partial charge in [0, 0.05) is 19.3 Å². The van der Waals surface area contributed by atoms with Gasteiger partial charge in [0.25, 0.3) is 0 Å². The lowest BCUT2D eigenvalue weighted by molar-refractivity contribution is -0.220. The molecule has 0 aromatic carbocycles. The lowest BCUT2D eigenvalue weighted by atomic mass is 9.85. The van der Waals surface area contributed by atoms with Crippen molar-refractivity contribution < 1.29 is 67.9 Å². The summed E-state index contributed by atoms with van der Waals surface area (Å²) in [5.41, 5.74) is 0. The number of carbonyl (C=O) groups excluding carboxylic acids is 3. The lowest BCUT2D eigenvalue weighted by Crippen LogP contribution is -2.64. The fourth-order valence-electron chi connectivity index (χ4n) is 6.52. The van der Waals surface area contributed by atoms with Gasteiger partial charge >= 0.3 is 19.8 Å². The molecule has 0 heterocycles. The number of allylic oxidation sites excluding steroid dienone is 10. The number of ketones is 1. The third kappa shape index (κ3) is 28.8. The second kappa shape index (κ2) is 36.5. The largest absolute Gasteiger partial charge is 0.472 e. The van der Waals surface area contributed by atoms with E-state index in [-0.39, 0.29) is 18.6 Å². The highest BCUT2D eigenvalue weighted by Crippen LogP contribution is 2.47. The summed E-state index contributed by atoms with van der Waals surface area (Å²) >= 11 is 0. The smallest absolute Gasteiger partial charge is 0.462 e. The molecule has 1 aliphatic carbocycles. The van der Waals surface area contributed by atoms with Crippen LogP contribution in [0.3, 0.4) is 0 Å². The van der Waals surface area contributed by atoms with Gasteiger partial charge in [-0.3, -0.25) is 23.4 Å². The molecule has 15 heteroatoms. The summed E-state index contributed by atoms with van der Waals surface area (Å²) < 4.78 is 33.4. The molecule has 6 N–H and O–H groups in total. The number of unbranched alkanes of at least 4 members (excludes halogenated alkanes) is 14. The number of hydrogen-bond acceptors (Lipinski definition) is 13. The number of carbonyl (C=O) groups is 3. The Morgan fingerprint density at radius 2 is 1.03 bits per heavy atom. The second-order valence-corrected chi connectivity index (χ2v) is 17.3. The average Bonchev–Trinajstić information content (AvgIpc) is 3.25. The average molecular weight is 899 g/mol. The molecule has 0 aliphatic heterocycles. The van der Waals surface area contributed by atoms with Gasteiger partial charge in [-0.2, -0.15) is 0 Å². The van der Waals surface area contributed by atoms with Gasteiger partial charge in [-0.15, -0.1) is 0 Å². The minimum Gasteiger partial charge on any atom is -0.462 e. The summed E-state index contributed by atoms with van der Waals surface area (Å²) in [4.78, 5) is 47.4. The first kappa shape index (κ1) is 57.2. The van der Waals surface area contributed by atoms with Crippen molar-refractivity contribution >= 4 is 25.5 Å². The van der Waals surface area contributed by atoms with Gasteiger partial charge in [0.1, 0.15) is 43.2 Å². The van der Waals surface area contributed by atoms with E-state index in [0.29, 0.717) is 25.7 Å². The summed E-state index contributed by atoms with van der Waals surface area (Å²) in [7, 11) is -5.15. The standard InChI is InChI=1S/C47H79O14P/c1-3-5-7-8-9-10-11-12-13-14-15-16-17-20-24-27-31-35-41(50)60-39(37-59-62(56,57)61-47-45(54)43(52)42(51)44(53)46(47)55)36-58-40(49)34-30-26-23-21-18-19-22-25-29-33-38(48)32-28-6-4-2/h12-13,15-16,20,22,24-25,29,33,39,42-47,51-55H,3-11,14,17-19,21,23,26-28,30-32,34-37H2,1-2H3,(H,56,57)/b13-12-,16-15-,24-20-,25-22-,33-29+/t39-,42?,43-,44+,45-,46-,47?/m1/s1. The predicted octanol–water partition coefficient (Wildman–Crippen LogP) is 8.12. The van der Waals surface area contributed by atoms with Crippen molar-refractivity contribution in [3.05, 3.63) is 60.8 Å². The number of phosphoric acid groups is 1. The van der Waals surface area contributed by atoms with E-state index in [4.69, 9.17) is 18.5 Å². The molecule has 1 rings (SSSR count). The Labute approximate surface area is 370 Å². The predicted molar refractivity (Wildman–Crippen MR) is 240 cm³/mol. The topological polar surface area (TPSA) is 227 Å². The van der Waals surface area contributed by atoms with Crippen LogP contribution in [0.25, 0.3) is 0 Å². The maximum absolute atomic E-state index is 12.8. The second-order valence-electron chi connectivity index (χ2n) is 15.9. The van der Waals surface area contributed by atoms with Gasteiger partial charge in [0.15, 0.2) is 11.9 Å². The molecule has 0 radical (unpaired) electrons. The molecular formula is C47H79O14P. The normalized spacial score (nSPS) is 22.3. The van der Waals surface area contributed by atoms with Crippen LogP contribution in [-0.2, 0) is 37.5 Å². The Kier molecular flexibility index (Phi) is 33.7. The zero-order valence-corrected chi connectivity index (χ0v) is 38.3. The minimum atomic E-state index is -5.15. The molecule has 1 fully saturated rings. The fourth-order valence-corrected chi connectivity index (χ4v) is 7.49. The van der Waals surface area contributed by atoms with Crippen molar-refractivity contribution in [1.82, 2.24) is 0 Å². The van der Waals surface area contributed by atoms with E-state index in [2.05, 4.69) is 38.2 Å². The maximum Gasteiger partial charge on any atom is 0.472 e. The van der Waals surface area contributed by atoms with Gasteiger partial charge in [-0.1, -0.05) is 133 Å². The van der Waals surface area contributed by atoms with Gasteiger partial charge < -0.3 is 39.9 Å². The highest BCUT2D eigenvalue weighted by Gasteiger charge is 2.51. The molecule has 0 saturated heterocycles. The number of ether oxygens (including phenoxy) is 2.